The quantitative estimate of drug-likeness (QED) is 0.817. The molecule has 6 heteroatoms. The molecule has 96 valence electrons. The minimum Gasteiger partial charge on any atom is -0.480 e. The Bertz CT molecular complexity index is 475. The Morgan fingerprint density at radius 1 is 1.50 bits per heavy atom. The predicted molar refractivity (Wildman–Crippen MR) is 62.3 cm³/mol. The average Bonchev–Trinajstić information content (AvgIpc) is 2.38. The Morgan fingerprint density at radius 2 is 2.28 bits per heavy atom. The maximum Gasteiger partial charge on any atom is 0.328 e. The molecule has 1 aliphatic rings. The van der Waals surface area contributed by atoms with Crippen LogP contribution in [0.3, 0.4) is 0 Å². The SMILES string of the molecule is Cc1cccc(C(=O)N2CCOC[C@@H]2C(=O)O)n1. The second-order valence-electron chi connectivity index (χ2n) is 4.09. The van der Waals surface area contributed by atoms with Gasteiger partial charge in [0.1, 0.15) is 5.69 Å². The molecule has 1 fully saturated rings. The number of ether oxygens (including phenoxy) is 1. The van der Waals surface area contributed by atoms with E-state index in [4.69, 9.17) is 9.84 Å². The van der Waals surface area contributed by atoms with Crippen LogP contribution in [0, 0.1) is 6.92 Å². The minimum absolute atomic E-state index is 0.0207. The lowest BCUT2D eigenvalue weighted by Crippen LogP contribution is -2.52. The molecule has 2 rings (SSSR count). The first kappa shape index (κ1) is 12.5. The first-order valence-electron chi connectivity index (χ1n) is 5.65. The van der Waals surface area contributed by atoms with Gasteiger partial charge in [-0.05, 0) is 19.1 Å². The summed E-state index contributed by atoms with van der Waals surface area (Å²) in [6.45, 7) is 2.42. The number of hydrogen-bond donors (Lipinski definition) is 1. The second kappa shape index (κ2) is 5.14. The molecular formula is C12H14N2O4. The summed E-state index contributed by atoms with van der Waals surface area (Å²) >= 11 is 0. The molecule has 1 N–H and O–H groups in total. The largest absolute Gasteiger partial charge is 0.480 e. The highest BCUT2D eigenvalue weighted by molar-refractivity contribution is 5.95. The smallest absolute Gasteiger partial charge is 0.328 e. The van der Waals surface area contributed by atoms with Crippen LogP contribution in [-0.2, 0) is 9.53 Å². The van der Waals surface area contributed by atoms with Gasteiger partial charge in [-0.25, -0.2) is 9.78 Å². The van der Waals surface area contributed by atoms with Crippen molar-refractivity contribution < 1.29 is 19.4 Å². The van der Waals surface area contributed by atoms with E-state index in [1.54, 1.807) is 25.1 Å². The highest BCUT2D eigenvalue weighted by Gasteiger charge is 2.33. The van der Waals surface area contributed by atoms with Crippen molar-refractivity contribution in [2.24, 2.45) is 0 Å². The molecule has 1 saturated heterocycles. The van der Waals surface area contributed by atoms with Crippen LogP contribution < -0.4 is 0 Å². The van der Waals surface area contributed by atoms with Gasteiger partial charge in [0.25, 0.3) is 5.91 Å². The number of hydrogen-bond acceptors (Lipinski definition) is 4. The van der Waals surface area contributed by atoms with Crippen molar-refractivity contribution in [1.29, 1.82) is 0 Å². The highest BCUT2D eigenvalue weighted by Crippen LogP contribution is 2.12. The first-order chi connectivity index (χ1) is 8.59. The van der Waals surface area contributed by atoms with E-state index in [9.17, 15) is 9.59 Å². The molecule has 18 heavy (non-hydrogen) atoms. The Morgan fingerprint density at radius 3 is 2.94 bits per heavy atom. The van der Waals surface area contributed by atoms with E-state index in [0.29, 0.717) is 6.61 Å². The highest BCUT2D eigenvalue weighted by atomic mass is 16.5. The number of carboxylic acid groups (broad SMARTS) is 1. The number of carboxylic acids is 1. The van der Waals surface area contributed by atoms with E-state index < -0.39 is 12.0 Å². The molecule has 1 aromatic heterocycles. The van der Waals surface area contributed by atoms with Crippen LogP contribution in [0.15, 0.2) is 18.2 Å². The molecule has 0 aliphatic carbocycles. The Kier molecular flexibility index (Phi) is 3.57. The van der Waals surface area contributed by atoms with Gasteiger partial charge in [0, 0.05) is 12.2 Å². The third kappa shape index (κ3) is 2.48. The standard InChI is InChI=1S/C12H14N2O4/c1-8-3-2-4-9(13-8)11(15)14-5-6-18-7-10(14)12(16)17/h2-4,10H,5-7H2,1H3,(H,16,17)/t10-/m1/s1. The van der Waals surface area contributed by atoms with Crippen molar-refractivity contribution in [3.05, 3.63) is 29.6 Å². The Labute approximate surface area is 104 Å². The molecule has 0 unspecified atom stereocenters. The third-order valence-electron chi connectivity index (χ3n) is 2.78. The van der Waals surface area contributed by atoms with Gasteiger partial charge in [0.05, 0.1) is 13.2 Å². The summed E-state index contributed by atoms with van der Waals surface area (Å²) in [5.41, 5.74) is 0.990. The molecule has 2 heterocycles. The van der Waals surface area contributed by atoms with Crippen molar-refractivity contribution in [3.63, 3.8) is 0 Å². The summed E-state index contributed by atoms with van der Waals surface area (Å²) in [5.74, 6) is -1.43. The van der Waals surface area contributed by atoms with Crippen LogP contribution in [0.25, 0.3) is 0 Å². The molecule has 0 aromatic carbocycles. The van der Waals surface area contributed by atoms with Crippen LogP contribution in [-0.4, -0.2) is 52.7 Å². The van der Waals surface area contributed by atoms with Gasteiger partial charge in [-0.3, -0.25) is 4.79 Å². The number of carbonyl (C=O) groups excluding carboxylic acids is 1. The van der Waals surface area contributed by atoms with E-state index in [1.165, 1.54) is 4.90 Å². The lowest BCUT2D eigenvalue weighted by Gasteiger charge is -2.32. The zero-order valence-electron chi connectivity index (χ0n) is 10.00. The van der Waals surface area contributed by atoms with Gasteiger partial charge in [-0.15, -0.1) is 0 Å². The topological polar surface area (TPSA) is 79.7 Å². The second-order valence-corrected chi connectivity index (χ2v) is 4.09. The molecule has 1 atom stereocenters. The number of aliphatic carboxylic acids is 1. The van der Waals surface area contributed by atoms with Crippen molar-refractivity contribution >= 4 is 11.9 Å². The van der Waals surface area contributed by atoms with Crippen molar-refractivity contribution in [1.82, 2.24) is 9.88 Å². The summed E-state index contributed by atoms with van der Waals surface area (Å²) in [6.07, 6.45) is 0. The van der Waals surface area contributed by atoms with Gasteiger partial charge < -0.3 is 14.7 Å². The Hall–Kier alpha value is -1.95. The summed E-state index contributed by atoms with van der Waals surface area (Å²) in [4.78, 5) is 28.7. The molecule has 1 aliphatic heterocycles. The minimum atomic E-state index is -1.06. The molecule has 1 amide bonds. The summed E-state index contributed by atoms with van der Waals surface area (Å²) < 4.78 is 5.09. The number of aromatic nitrogens is 1. The molecule has 0 radical (unpaired) electrons. The number of nitrogens with zero attached hydrogens (tertiary/aromatic N) is 2. The van der Waals surface area contributed by atoms with Crippen LogP contribution in [0.5, 0.6) is 0 Å². The monoisotopic (exact) mass is 250 g/mol. The maximum absolute atomic E-state index is 12.2. The number of morpholine rings is 1. The molecule has 0 saturated carbocycles. The summed E-state index contributed by atoms with van der Waals surface area (Å²) in [6, 6.07) is 4.16. The van der Waals surface area contributed by atoms with Crippen molar-refractivity contribution in [2.45, 2.75) is 13.0 Å². The zero-order valence-corrected chi connectivity index (χ0v) is 10.00. The molecule has 0 spiro atoms. The van der Waals surface area contributed by atoms with E-state index in [2.05, 4.69) is 4.98 Å². The molecule has 0 bridgehead atoms. The van der Waals surface area contributed by atoms with Crippen molar-refractivity contribution in [2.75, 3.05) is 19.8 Å². The predicted octanol–water partition coefficient (Wildman–Crippen LogP) is 0.316. The number of carbonyl (C=O) groups is 2. The van der Waals surface area contributed by atoms with E-state index in [-0.39, 0.29) is 24.8 Å². The van der Waals surface area contributed by atoms with Crippen LogP contribution in [0.1, 0.15) is 16.2 Å². The number of aryl methyl sites for hydroxylation is 1. The molecular weight excluding hydrogens is 236 g/mol. The lowest BCUT2D eigenvalue weighted by atomic mass is 10.2. The molecule has 6 nitrogen and oxygen atoms in total. The van der Waals surface area contributed by atoms with Gasteiger partial charge in [0.2, 0.25) is 0 Å². The number of amides is 1. The molecule has 1 aromatic rings. The Balaban J connectivity index is 2.23. The zero-order chi connectivity index (χ0) is 13.1. The lowest BCUT2D eigenvalue weighted by molar-refractivity contribution is -0.147. The summed E-state index contributed by atoms with van der Waals surface area (Å²) in [5, 5.41) is 9.06. The van der Waals surface area contributed by atoms with Gasteiger partial charge in [-0.1, -0.05) is 6.07 Å². The fourth-order valence-corrected chi connectivity index (χ4v) is 1.86. The maximum atomic E-state index is 12.2. The van der Waals surface area contributed by atoms with E-state index >= 15 is 0 Å². The van der Waals surface area contributed by atoms with E-state index in [1.807, 2.05) is 0 Å². The third-order valence-corrected chi connectivity index (χ3v) is 2.78. The van der Waals surface area contributed by atoms with Gasteiger partial charge >= 0.3 is 5.97 Å². The number of pyridine rings is 1. The van der Waals surface area contributed by atoms with Crippen LogP contribution >= 0.6 is 0 Å². The summed E-state index contributed by atoms with van der Waals surface area (Å²) in [7, 11) is 0. The van der Waals surface area contributed by atoms with E-state index in [0.717, 1.165) is 5.69 Å². The van der Waals surface area contributed by atoms with Crippen molar-refractivity contribution in [3.8, 4) is 0 Å². The fourth-order valence-electron chi connectivity index (χ4n) is 1.86. The van der Waals surface area contributed by atoms with Crippen LogP contribution in [0.4, 0.5) is 0 Å². The normalized spacial score (nSPS) is 19.6. The van der Waals surface area contributed by atoms with Gasteiger partial charge in [-0.2, -0.15) is 0 Å². The van der Waals surface area contributed by atoms with Gasteiger partial charge in [0.15, 0.2) is 6.04 Å². The van der Waals surface area contributed by atoms with Crippen LogP contribution in [0.2, 0.25) is 0 Å². The average molecular weight is 250 g/mol. The first-order valence-corrected chi connectivity index (χ1v) is 5.65. The number of rotatable bonds is 2. The fraction of sp³-hybridized carbons (Fsp3) is 0.417.